The van der Waals surface area contributed by atoms with E-state index in [1.807, 2.05) is 12.2 Å². The van der Waals surface area contributed by atoms with Crippen LogP contribution in [0, 0.1) is 11.8 Å². The van der Waals surface area contributed by atoms with E-state index in [-0.39, 0.29) is 24.9 Å². The summed E-state index contributed by atoms with van der Waals surface area (Å²) >= 11 is 5.90. The first kappa shape index (κ1) is 23.4. The van der Waals surface area contributed by atoms with E-state index in [9.17, 15) is 20.1 Å². The van der Waals surface area contributed by atoms with Crippen molar-refractivity contribution in [1.29, 1.82) is 0 Å². The molecule has 0 aromatic heterocycles. The molecule has 1 fully saturated rings. The van der Waals surface area contributed by atoms with Gasteiger partial charge < -0.3 is 25.2 Å². The zero-order valence-electron chi connectivity index (χ0n) is 16.2. The van der Waals surface area contributed by atoms with E-state index in [1.165, 1.54) is 0 Å². The van der Waals surface area contributed by atoms with E-state index in [1.54, 1.807) is 36.4 Å². The van der Waals surface area contributed by atoms with Crippen molar-refractivity contribution in [3.8, 4) is 5.75 Å². The van der Waals surface area contributed by atoms with Crippen LogP contribution < -0.4 is 4.74 Å². The fourth-order valence-electron chi connectivity index (χ4n) is 3.50. The van der Waals surface area contributed by atoms with Crippen LogP contribution in [-0.2, 0) is 4.79 Å². The van der Waals surface area contributed by atoms with Crippen molar-refractivity contribution in [2.24, 2.45) is 11.8 Å². The molecule has 5 atom stereocenters. The molecule has 1 saturated carbocycles. The summed E-state index contributed by atoms with van der Waals surface area (Å²) in [5, 5.41) is 39.8. The maximum Gasteiger partial charge on any atom is 0.303 e. The number of aliphatic hydroxyl groups is 3. The number of rotatable bonds is 11. The Kier molecular flexibility index (Phi) is 9.67. The average molecular weight is 425 g/mol. The predicted octanol–water partition coefficient (Wildman–Crippen LogP) is 3.20. The first-order valence-electron chi connectivity index (χ1n) is 9.84. The number of carbonyl (C=O) groups is 1. The first-order chi connectivity index (χ1) is 13.9. The number of hydrogen-bond donors (Lipinski definition) is 4. The third-order valence-corrected chi connectivity index (χ3v) is 5.26. The number of aliphatic hydroxyl groups excluding tert-OH is 3. The van der Waals surface area contributed by atoms with Crippen LogP contribution in [0.4, 0.5) is 0 Å². The molecule has 0 radical (unpaired) electrons. The van der Waals surface area contributed by atoms with Crippen LogP contribution in [0.3, 0.4) is 0 Å². The largest absolute Gasteiger partial charge is 0.491 e. The molecule has 0 bridgehead atoms. The van der Waals surface area contributed by atoms with Gasteiger partial charge in [-0.1, -0.05) is 42.0 Å². The fourth-order valence-corrected chi connectivity index (χ4v) is 3.68. The van der Waals surface area contributed by atoms with Crippen molar-refractivity contribution in [2.75, 3.05) is 6.61 Å². The molecule has 7 heteroatoms. The summed E-state index contributed by atoms with van der Waals surface area (Å²) in [5.74, 6) is -0.671. The molecule has 6 nitrogen and oxygen atoms in total. The van der Waals surface area contributed by atoms with E-state index in [4.69, 9.17) is 21.4 Å². The molecule has 0 unspecified atom stereocenters. The molecule has 0 amide bonds. The van der Waals surface area contributed by atoms with Gasteiger partial charge in [0.05, 0.1) is 12.2 Å². The first-order valence-corrected chi connectivity index (χ1v) is 10.2. The Hall–Kier alpha value is -1.86. The van der Waals surface area contributed by atoms with Gasteiger partial charge in [-0.3, -0.25) is 4.79 Å². The van der Waals surface area contributed by atoms with E-state index < -0.39 is 24.3 Å². The molecule has 0 saturated heterocycles. The number of aliphatic carboxylic acids is 1. The Morgan fingerprint density at radius 1 is 1.28 bits per heavy atom. The Morgan fingerprint density at radius 3 is 2.79 bits per heavy atom. The fraction of sp³-hybridized carbons (Fsp3) is 0.500. The smallest absolute Gasteiger partial charge is 0.303 e. The maximum absolute atomic E-state index is 10.5. The highest BCUT2D eigenvalue weighted by atomic mass is 35.5. The highest BCUT2D eigenvalue weighted by molar-refractivity contribution is 6.30. The molecular weight excluding hydrogens is 396 g/mol. The molecule has 160 valence electrons. The molecule has 2 rings (SSSR count). The highest BCUT2D eigenvalue weighted by Crippen LogP contribution is 2.36. The van der Waals surface area contributed by atoms with Crippen molar-refractivity contribution in [2.45, 2.75) is 50.4 Å². The minimum Gasteiger partial charge on any atom is -0.491 e. The summed E-state index contributed by atoms with van der Waals surface area (Å²) in [7, 11) is 0. The van der Waals surface area contributed by atoms with E-state index in [2.05, 4.69) is 0 Å². The summed E-state index contributed by atoms with van der Waals surface area (Å²) in [4.78, 5) is 10.5. The quantitative estimate of drug-likeness (QED) is 0.321. The summed E-state index contributed by atoms with van der Waals surface area (Å²) in [5.41, 5.74) is 0. The molecule has 1 aromatic rings. The Labute approximate surface area is 176 Å². The summed E-state index contributed by atoms with van der Waals surface area (Å²) in [6.45, 7) is 0.0519. The topological polar surface area (TPSA) is 107 Å². The zero-order chi connectivity index (χ0) is 21.2. The minimum atomic E-state index is -0.855. The monoisotopic (exact) mass is 424 g/mol. The summed E-state index contributed by atoms with van der Waals surface area (Å²) in [6, 6.07) is 6.90. The predicted molar refractivity (Wildman–Crippen MR) is 111 cm³/mol. The number of carboxylic acids is 1. The minimum absolute atomic E-state index is 0.0519. The highest BCUT2D eigenvalue weighted by Gasteiger charge is 2.39. The van der Waals surface area contributed by atoms with Crippen molar-refractivity contribution >= 4 is 17.6 Å². The van der Waals surface area contributed by atoms with Crippen LogP contribution in [0.1, 0.15) is 32.1 Å². The van der Waals surface area contributed by atoms with E-state index >= 15 is 0 Å². The third-order valence-electron chi connectivity index (χ3n) is 5.02. The lowest BCUT2D eigenvalue weighted by atomic mass is 9.89. The Morgan fingerprint density at radius 2 is 2.07 bits per heavy atom. The van der Waals surface area contributed by atoms with Crippen LogP contribution in [0.5, 0.6) is 5.75 Å². The van der Waals surface area contributed by atoms with Gasteiger partial charge in [0.25, 0.3) is 0 Å². The normalized spacial score (nSPS) is 25.7. The van der Waals surface area contributed by atoms with Gasteiger partial charge in [-0.25, -0.2) is 0 Å². The molecule has 29 heavy (non-hydrogen) atoms. The number of carboxylic acid groups (broad SMARTS) is 1. The molecular formula is C22H29ClO6. The number of benzene rings is 1. The second-order valence-corrected chi connectivity index (χ2v) is 7.76. The van der Waals surface area contributed by atoms with Crippen molar-refractivity contribution in [1.82, 2.24) is 0 Å². The van der Waals surface area contributed by atoms with Crippen molar-refractivity contribution in [3.63, 3.8) is 0 Å². The van der Waals surface area contributed by atoms with Gasteiger partial charge in [0.1, 0.15) is 18.5 Å². The van der Waals surface area contributed by atoms with Crippen LogP contribution in [-0.4, -0.2) is 51.3 Å². The van der Waals surface area contributed by atoms with Gasteiger partial charge in [-0.15, -0.1) is 0 Å². The van der Waals surface area contributed by atoms with Crippen LogP contribution in [0.25, 0.3) is 0 Å². The van der Waals surface area contributed by atoms with Gasteiger partial charge in [0.15, 0.2) is 0 Å². The Bertz CT molecular complexity index is 704. The molecule has 0 heterocycles. The Balaban J connectivity index is 1.83. The number of halogens is 1. The molecule has 4 N–H and O–H groups in total. The average Bonchev–Trinajstić information content (AvgIpc) is 2.93. The lowest BCUT2D eigenvalue weighted by Gasteiger charge is -2.19. The van der Waals surface area contributed by atoms with Gasteiger partial charge >= 0.3 is 5.97 Å². The molecule has 1 aliphatic carbocycles. The van der Waals surface area contributed by atoms with Crippen LogP contribution in [0.15, 0.2) is 48.6 Å². The number of unbranched alkanes of at least 4 members (excludes halogenated alkanes) is 1. The van der Waals surface area contributed by atoms with Crippen LogP contribution >= 0.6 is 11.6 Å². The second kappa shape index (κ2) is 12.0. The maximum atomic E-state index is 10.5. The number of hydrogen-bond acceptors (Lipinski definition) is 5. The lowest BCUT2D eigenvalue weighted by Crippen LogP contribution is -2.21. The summed E-state index contributed by atoms with van der Waals surface area (Å²) in [6.07, 6.45) is 7.26. The van der Waals surface area contributed by atoms with Gasteiger partial charge in [-0.2, -0.15) is 0 Å². The third kappa shape index (κ3) is 8.19. The standard InChI is InChI=1S/C22H29ClO6/c23-15-6-5-7-17(12-15)29-14-16(24)10-11-19-18(20(25)13-21(19)26)8-3-1-2-4-9-22(27)28/h1,3,5-7,10-12,16,18-21,24-26H,2,4,8-9,13-14H2,(H,27,28)/b3-1+,11-10+/t16-,18-,19+,20+,21-/m1/s1. The van der Waals surface area contributed by atoms with E-state index in [0.29, 0.717) is 36.5 Å². The second-order valence-electron chi connectivity index (χ2n) is 7.33. The van der Waals surface area contributed by atoms with Crippen LogP contribution in [0.2, 0.25) is 5.02 Å². The lowest BCUT2D eigenvalue weighted by molar-refractivity contribution is -0.137. The number of ether oxygens (including phenoxy) is 1. The van der Waals surface area contributed by atoms with Crippen molar-refractivity contribution < 1.29 is 30.0 Å². The van der Waals surface area contributed by atoms with E-state index in [0.717, 1.165) is 0 Å². The van der Waals surface area contributed by atoms with Crippen molar-refractivity contribution in [3.05, 3.63) is 53.6 Å². The van der Waals surface area contributed by atoms with Gasteiger partial charge in [-0.05, 0) is 43.4 Å². The SMILES string of the molecule is O=C(O)CCC/C=C/C[C@@H]1[C@H](/C=C/[C@@H](O)COc2cccc(Cl)c2)[C@H](O)C[C@@H]1O. The number of allylic oxidation sites excluding steroid dienone is 2. The molecule has 1 aromatic carbocycles. The molecule has 0 spiro atoms. The molecule has 1 aliphatic rings. The van der Waals surface area contributed by atoms with Gasteiger partial charge in [0, 0.05) is 23.8 Å². The van der Waals surface area contributed by atoms with Gasteiger partial charge in [0.2, 0.25) is 0 Å². The summed E-state index contributed by atoms with van der Waals surface area (Å²) < 4.78 is 5.51. The molecule has 0 aliphatic heterocycles. The zero-order valence-corrected chi connectivity index (χ0v) is 17.0.